The Balaban J connectivity index is 3.17. The Morgan fingerprint density at radius 2 is 0.886 bits per heavy atom. The summed E-state index contributed by atoms with van der Waals surface area (Å²) >= 11 is 0. The van der Waals surface area contributed by atoms with Crippen LogP contribution in [0.4, 0.5) is 0 Å². The molecule has 13 heteroatoms. The van der Waals surface area contributed by atoms with E-state index in [2.05, 4.69) is 6.58 Å². The molecule has 13 nitrogen and oxygen atoms in total. The highest BCUT2D eigenvalue weighted by atomic mass is 16.6. The van der Waals surface area contributed by atoms with Gasteiger partial charge < -0.3 is 43.0 Å². The van der Waals surface area contributed by atoms with Crippen molar-refractivity contribution in [3.63, 3.8) is 0 Å². The lowest BCUT2D eigenvalue weighted by Crippen LogP contribution is -2.17. The minimum absolute atomic E-state index is 0.0110. The number of ether oxygens (including phenoxy) is 8. The van der Waals surface area contributed by atoms with Crippen molar-refractivity contribution in [1.29, 1.82) is 0 Å². The summed E-state index contributed by atoms with van der Waals surface area (Å²) in [5.41, 5.74) is 0. The fourth-order valence-electron chi connectivity index (χ4n) is 2.07. The summed E-state index contributed by atoms with van der Waals surface area (Å²) in [4.78, 5) is 43.3. The summed E-state index contributed by atoms with van der Waals surface area (Å²) in [5, 5.41) is 8.40. The zero-order chi connectivity index (χ0) is 26.0. The van der Waals surface area contributed by atoms with Gasteiger partial charge in [0.05, 0.1) is 85.7 Å². The third-order valence-corrected chi connectivity index (χ3v) is 3.78. The van der Waals surface area contributed by atoms with Gasteiger partial charge in [-0.3, -0.25) is 9.59 Å². The van der Waals surface area contributed by atoms with E-state index in [9.17, 15) is 19.2 Å². The number of carbonyl (C=O) groups is 4. The van der Waals surface area contributed by atoms with Crippen LogP contribution in [-0.2, 0) is 57.1 Å². The molecule has 0 saturated carbocycles. The van der Waals surface area contributed by atoms with Gasteiger partial charge in [-0.2, -0.15) is 0 Å². The molecule has 0 saturated heterocycles. The van der Waals surface area contributed by atoms with Crippen LogP contribution in [0.2, 0.25) is 0 Å². The van der Waals surface area contributed by atoms with E-state index >= 15 is 0 Å². The van der Waals surface area contributed by atoms with Gasteiger partial charge in [0, 0.05) is 12.5 Å². The highest BCUT2D eigenvalue weighted by molar-refractivity contribution is 6.32. The number of hydrogen-bond acceptors (Lipinski definition) is 12. The lowest BCUT2D eigenvalue weighted by Gasteiger charge is -2.08. The minimum atomic E-state index is -1.57. The van der Waals surface area contributed by atoms with E-state index in [1.165, 1.54) is 0 Å². The number of ketones is 1. The molecule has 0 aromatic carbocycles. The number of aliphatic carboxylic acids is 1. The molecule has 0 atom stereocenters. The highest BCUT2D eigenvalue weighted by Gasteiger charge is 2.14. The van der Waals surface area contributed by atoms with Gasteiger partial charge >= 0.3 is 17.9 Å². The van der Waals surface area contributed by atoms with Crippen molar-refractivity contribution < 1.29 is 62.2 Å². The average molecular weight is 509 g/mol. The Hall–Kier alpha value is -2.42. The molecule has 0 amide bonds. The second-order valence-electron chi connectivity index (χ2n) is 6.49. The molecule has 0 aliphatic rings. The maximum atomic E-state index is 11.3. The third kappa shape index (κ3) is 24.5. The van der Waals surface area contributed by atoms with Crippen LogP contribution in [0.1, 0.15) is 12.8 Å². The van der Waals surface area contributed by atoms with Crippen LogP contribution >= 0.6 is 0 Å². The van der Waals surface area contributed by atoms with E-state index in [1.54, 1.807) is 0 Å². The third-order valence-electron chi connectivity index (χ3n) is 3.78. The smallest absolute Gasteiger partial charge is 0.372 e. The van der Waals surface area contributed by atoms with Crippen LogP contribution in [0.5, 0.6) is 0 Å². The first kappa shape index (κ1) is 32.6. The number of carbonyl (C=O) groups excluding carboxylic acids is 3. The van der Waals surface area contributed by atoms with Gasteiger partial charge in [0.2, 0.25) is 5.78 Å². The van der Waals surface area contributed by atoms with E-state index in [4.69, 9.17) is 43.0 Å². The van der Waals surface area contributed by atoms with Gasteiger partial charge in [0.25, 0.3) is 0 Å². The normalized spacial score (nSPS) is 10.6. The lowest BCUT2D eigenvalue weighted by molar-refractivity contribution is -0.151. The van der Waals surface area contributed by atoms with Gasteiger partial charge in [-0.1, -0.05) is 6.58 Å². The van der Waals surface area contributed by atoms with Crippen LogP contribution in [0.15, 0.2) is 12.7 Å². The Labute approximate surface area is 204 Å². The fraction of sp³-hybridized carbons (Fsp3) is 0.727. The number of Topliss-reactive ketones (excluding diaryl/α,β-unsaturated/α-hetero) is 1. The summed E-state index contributed by atoms with van der Waals surface area (Å²) in [6.45, 7) is 7.94. The quantitative estimate of drug-likeness (QED) is 0.0707. The zero-order valence-corrected chi connectivity index (χ0v) is 19.9. The maximum Gasteiger partial charge on any atom is 0.372 e. The monoisotopic (exact) mass is 508 g/mol. The number of hydrogen-bond donors (Lipinski definition) is 1. The van der Waals surface area contributed by atoms with Crippen LogP contribution in [0.3, 0.4) is 0 Å². The molecule has 1 N–H and O–H groups in total. The van der Waals surface area contributed by atoms with Crippen molar-refractivity contribution in [2.24, 2.45) is 0 Å². The molecule has 0 rings (SSSR count). The SMILES string of the molecule is C=CC(=O)OCCOCCOCCOCCOCCOCCOCCOC(=O)CCC(=O)C(=O)O. The number of carboxylic acid groups (broad SMARTS) is 1. The molecule has 202 valence electrons. The topological polar surface area (TPSA) is 162 Å². The molecule has 0 bridgehead atoms. The summed E-state index contributed by atoms with van der Waals surface area (Å²) in [7, 11) is 0. The Morgan fingerprint density at radius 3 is 1.23 bits per heavy atom. The first-order valence-electron chi connectivity index (χ1n) is 11.1. The maximum absolute atomic E-state index is 11.3. The summed E-state index contributed by atoms with van der Waals surface area (Å²) < 4.78 is 41.4. The van der Waals surface area contributed by atoms with E-state index in [-0.39, 0.29) is 32.7 Å². The van der Waals surface area contributed by atoms with Gasteiger partial charge in [-0.05, 0) is 0 Å². The van der Waals surface area contributed by atoms with Crippen LogP contribution in [-0.4, -0.2) is 121 Å². The van der Waals surface area contributed by atoms with E-state index in [0.29, 0.717) is 72.7 Å². The van der Waals surface area contributed by atoms with E-state index in [0.717, 1.165) is 6.08 Å². The van der Waals surface area contributed by atoms with Gasteiger partial charge in [0.15, 0.2) is 0 Å². The number of rotatable bonds is 26. The molecular weight excluding hydrogens is 472 g/mol. The molecule has 0 aromatic rings. The van der Waals surface area contributed by atoms with Gasteiger partial charge in [0.1, 0.15) is 13.2 Å². The summed E-state index contributed by atoms with van der Waals surface area (Å²) in [5.74, 6) is -3.72. The molecule has 0 aromatic heterocycles. The molecule has 0 aliphatic carbocycles. The molecule has 0 heterocycles. The molecule has 0 aliphatic heterocycles. The predicted octanol–water partition coefficient (Wildman–Crippen LogP) is -0.208. The van der Waals surface area contributed by atoms with Gasteiger partial charge in [-0.15, -0.1) is 0 Å². The van der Waals surface area contributed by atoms with Crippen LogP contribution in [0, 0.1) is 0 Å². The largest absolute Gasteiger partial charge is 0.476 e. The lowest BCUT2D eigenvalue weighted by atomic mass is 10.2. The van der Waals surface area contributed by atoms with E-state index < -0.39 is 23.7 Å². The Bertz CT molecular complexity index is 594. The first-order chi connectivity index (χ1) is 17.0. The second kappa shape index (κ2) is 24.7. The van der Waals surface area contributed by atoms with Crippen molar-refractivity contribution in [2.75, 3.05) is 92.5 Å². The molecule has 35 heavy (non-hydrogen) atoms. The molecule has 0 radical (unpaired) electrons. The molecule has 0 unspecified atom stereocenters. The van der Waals surface area contributed by atoms with E-state index in [1.807, 2.05) is 0 Å². The molecular formula is C22H36O13. The molecule has 0 fully saturated rings. The van der Waals surface area contributed by atoms with Crippen molar-refractivity contribution >= 4 is 23.7 Å². The fourth-order valence-corrected chi connectivity index (χ4v) is 2.07. The number of esters is 2. The van der Waals surface area contributed by atoms with Crippen molar-refractivity contribution in [3.05, 3.63) is 12.7 Å². The molecule has 0 spiro atoms. The first-order valence-corrected chi connectivity index (χ1v) is 11.1. The Kier molecular flexibility index (Phi) is 23.0. The predicted molar refractivity (Wildman–Crippen MR) is 119 cm³/mol. The van der Waals surface area contributed by atoms with Crippen molar-refractivity contribution in [3.8, 4) is 0 Å². The van der Waals surface area contributed by atoms with Gasteiger partial charge in [-0.25, -0.2) is 9.59 Å². The standard InChI is InChI=1S/C22H36O13/c1-2-20(24)34-17-15-32-13-11-30-9-7-28-5-6-29-8-10-31-12-14-33-16-18-35-21(25)4-3-19(23)22(26)27/h2H,1,3-18H2,(H,26,27). The van der Waals surface area contributed by atoms with Crippen molar-refractivity contribution in [1.82, 2.24) is 0 Å². The van der Waals surface area contributed by atoms with Crippen LogP contribution in [0.25, 0.3) is 0 Å². The average Bonchev–Trinajstić information content (AvgIpc) is 2.85. The van der Waals surface area contributed by atoms with Crippen LogP contribution < -0.4 is 0 Å². The highest BCUT2D eigenvalue weighted by Crippen LogP contribution is 1.95. The van der Waals surface area contributed by atoms with Crippen molar-refractivity contribution in [2.45, 2.75) is 12.8 Å². The second-order valence-corrected chi connectivity index (χ2v) is 6.49. The summed E-state index contributed by atoms with van der Waals surface area (Å²) in [6.07, 6.45) is 0.431. The Morgan fingerprint density at radius 1 is 0.543 bits per heavy atom. The zero-order valence-electron chi connectivity index (χ0n) is 19.9. The summed E-state index contributed by atoms with van der Waals surface area (Å²) in [6, 6.07) is 0. The number of carboxylic acids is 1. The minimum Gasteiger partial charge on any atom is -0.476 e.